The topological polar surface area (TPSA) is 141 Å². The summed E-state index contributed by atoms with van der Waals surface area (Å²) in [6.07, 6.45) is -3.57. The number of carbonyl (C=O) groups excluding carboxylic acids is 2. The quantitative estimate of drug-likeness (QED) is 0.240. The van der Waals surface area contributed by atoms with Gasteiger partial charge in [-0.2, -0.15) is 0 Å². The Hall–Kier alpha value is -0.860. The molecule has 86 valence electrons. The first-order valence-electron chi connectivity index (χ1n) is 4.39. The molecule has 1 rings (SSSR count). The highest BCUT2D eigenvalue weighted by atomic mass is 16.5. The molecular weight excluding hydrogens is 206 g/mol. The van der Waals surface area contributed by atoms with Gasteiger partial charge in [0.2, 0.25) is 0 Å². The summed E-state index contributed by atoms with van der Waals surface area (Å²) in [6.45, 7) is -0.741. The van der Waals surface area contributed by atoms with Crippen molar-refractivity contribution in [1.29, 1.82) is 0 Å². The molecular formula is C8H13NO6. The zero-order valence-electron chi connectivity index (χ0n) is 7.83. The van der Waals surface area contributed by atoms with Crippen LogP contribution in [0.5, 0.6) is 0 Å². The van der Waals surface area contributed by atoms with Crippen LogP contribution in [0, 0.1) is 5.92 Å². The molecule has 1 saturated carbocycles. The van der Waals surface area contributed by atoms with Crippen LogP contribution in [0.1, 0.15) is 6.42 Å². The van der Waals surface area contributed by atoms with Crippen molar-refractivity contribution in [2.75, 3.05) is 6.54 Å². The van der Waals surface area contributed by atoms with Crippen LogP contribution < -0.4 is 5.73 Å². The summed E-state index contributed by atoms with van der Waals surface area (Å²) >= 11 is 0. The van der Waals surface area contributed by atoms with Crippen LogP contribution in [0.4, 0.5) is 0 Å². The van der Waals surface area contributed by atoms with Crippen molar-refractivity contribution in [2.45, 2.75) is 24.4 Å². The second-order valence-corrected chi connectivity index (χ2v) is 3.59. The number of aliphatic hydroxyl groups excluding tert-OH is 2. The van der Waals surface area contributed by atoms with Gasteiger partial charge >= 0.3 is 0 Å². The molecule has 2 atom stereocenters. The molecule has 0 amide bonds. The zero-order valence-corrected chi connectivity index (χ0v) is 7.83. The van der Waals surface area contributed by atoms with E-state index in [9.17, 15) is 30.0 Å². The minimum absolute atomic E-state index is 0.422. The average molecular weight is 219 g/mol. The molecule has 0 heterocycles. The summed E-state index contributed by atoms with van der Waals surface area (Å²) in [5.74, 6) is -6.67. The average Bonchev–Trinajstić information content (AvgIpc) is 2.15. The van der Waals surface area contributed by atoms with E-state index in [1.54, 1.807) is 0 Å². The van der Waals surface area contributed by atoms with Gasteiger partial charge in [-0.15, -0.1) is 0 Å². The number of Topliss-reactive ketones (excluding diaryl/α,β-unsaturated/α-hetero) is 2. The Labute approximate surface area is 85.1 Å². The highest BCUT2D eigenvalue weighted by Crippen LogP contribution is 2.26. The SMILES string of the molecule is NCC(O)(O)C1C(=O)C(O)CC(O)C1=O. The van der Waals surface area contributed by atoms with E-state index in [1.807, 2.05) is 0 Å². The molecule has 7 nitrogen and oxygen atoms in total. The van der Waals surface area contributed by atoms with E-state index in [1.165, 1.54) is 0 Å². The van der Waals surface area contributed by atoms with Gasteiger partial charge in [0.05, 0.1) is 0 Å². The maximum absolute atomic E-state index is 11.3. The lowest BCUT2D eigenvalue weighted by Gasteiger charge is -2.34. The van der Waals surface area contributed by atoms with Crippen molar-refractivity contribution in [3.8, 4) is 0 Å². The van der Waals surface area contributed by atoms with E-state index in [0.717, 1.165) is 0 Å². The monoisotopic (exact) mass is 219 g/mol. The Kier molecular flexibility index (Phi) is 3.22. The van der Waals surface area contributed by atoms with Gasteiger partial charge in [0, 0.05) is 13.0 Å². The summed E-state index contributed by atoms with van der Waals surface area (Å²) in [5.41, 5.74) is 4.98. The molecule has 0 aromatic heterocycles. The molecule has 1 aliphatic carbocycles. The standard InChI is InChI=1S/C8H13NO6/c9-2-8(14,15)5-6(12)3(10)1-4(11)7(5)13/h3-5,10-11,14-15H,1-2,9H2. The first-order valence-corrected chi connectivity index (χ1v) is 4.39. The van der Waals surface area contributed by atoms with Crippen LogP contribution in [0.15, 0.2) is 0 Å². The molecule has 6 N–H and O–H groups in total. The summed E-state index contributed by atoms with van der Waals surface area (Å²) in [7, 11) is 0. The fourth-order valence-corrected chi connectivity index (χ4v) is 1.54. The maximum Gasteiger partial charge on any atom is 0.192 e. The Morgan fingerprint density at radius 3 is 1.93 bits per heavy atom. The highest BCUT2D eigenvalue weighted by molar-refractivity contribution is 6.09. The molecule has 7 heteroatoms. The fraction of sp³-hybridized carbons (Fsp3) is 0.750. The Morgan fingerprint density at radius 1 is 1.20 bits per heavy atom. The molecule has 0 aromatic carbocycles. The second kappa shape index (κ2) is 3.95. The number of aliphatic hydroxyl groups is 4. The normalized spacial score (nSPS) is 33.3. The largest absolute Gasteiger partial charge is 0.385 e. The molecule has 2 unspecified atom stereocenters. The van der Waals surface area contributed by atoms with E-state index < -0.39 is 48.4 Å². The third-order valence-corrected chi connectivity index (χ3v) is 2.44. The van der Waals surface area contributed by atoms with Crippen molar-refractivity contribution in [1.82, 2.24) is 0 Å². The number of hydrogen-bond donors (Lipinski definition) is 5. The first-order chi connectivity index (χ1) is 6.81. The van der Waals surface area contributed by atoms with Gasteiger partial charge in [-0.1, -0.05) is 0 Å². The highest BCUT2D eigenvalue weighted by Gasteiger charge is 2.51. The summed E-state index contributed by atoms with van der Waals surface area (Å²) in [5, 5.41) is 36.9. The Balaban J connectivity index is 3.02. The molecule has 0 aliphatic heterocycles. The third kappa shape index (κ3) is 2.06. The van der Waals surface area contributed by atoms with Crippen LogP contribution in [-0.2, 0) is 9.59 Å². The number of carbonyl (C=O) groups is 2. The Bertz CT molecular complexity index is 269. The lowest BCUT2D eigenvalue weighted by Crippen LogP contribution is -2.59. The molecule has 0 spiro atoms. The predicted molar refractivity (Wildman–Crippen MR) is 46.4 cm³/mol. The number of ketones is 2. The molecule has 0 radical (unpaired) electrons. The number of rotatable bonds is 2. The number of hydrogen-bond acceptors (Lipinski definition) is 7. The van der Waals surface area contributed by atoms with Gasteiger partial charge < -0.3 is 26.2 Å². The van der Waals surface area contributed by atoms with Crippen LogP contribution in [-0.4, -0.2) is 56.5 Å². The van der Waals surface area contributed by atoms with Gasteiger partial charge in [0.25, 0.3) is 0 Å². The molecule has 1 aliphatic rings. The van der Waals surface area contributed by atoms with E-state index >= 15 is 0 Å². The van der Waals surface area contributed by atoms with E-state index in [2.05, 4.69) is 0 Å². The Morgan fingerprint density at radius 2 is 1.60 bits per heavy atom. The molecule has 15 heavy (non-hydrogen) atoms. The van der Waals surface area contributed by atoms with Crippen molar-refractivity contribution in [3.63, 3.8) is 0 Å². The van der Waals surface area contributed by atoms with Crippen molar-refractivity contribution in [3.05, 3.63) is 0 Å². The smallest absolute Gasteiger partial charge is 0.192 e. The minimum Gasteiger partial charge on any atom is -0.385 e. The van der Waals surface area contributed by atoms with Crippen molar-refractivity contribution < 1.29 is 30.0 Å². The summed E-state index contributed by atoms with van der Waals surface area (Å²) in [6, 6.07) is 0. The first kappa shape index (κ1) is 12.2. The summed E-state index contributed by atoms with van der Waals surface area (Å²) in [4.78, 5) is 22.7. The van der Waals surface area contributed by atoms with Crippen LogP contribution in [0.25, 0.3) is 0 Å². The van der Waals surface area contributed by atoms with Gasteiger partial charge in [0.15, 0.2) is 17.4 Å². The fourth-order valence-electron chi connectivity index (χ4n) is 1.54. The lowest BCUT2D eigenvalue weighted by molar-refractivity contribution is -0.206. The molecule has 1 fully saturated rings. The summed E-state index contributed by atoms with van der Waals surface area (Å²) < 4.78 is 0. The van der Waals surface area contributed by atoms with Gasteiger partial charge in [-0.05, 0) is 0 Å². The van der Waals surface area contributed by atoms with Crippen molar-refractivity contribution in [2.24, 2.45) is 11.7 Å². The molecule has 0 saturated heterocycles. The zero-order chi connectivity index (χ0) is 11.8. The molecule has 0 bridgehead atoms. The third-order valence-electron chi connectivity index (χ3n) is 2.44. The molecule has 0 aromatic rings. The van der Waals surface area contributed by atoms with Gasteiger partial charge in [0.1, 0.15) is 18.1 Å². The lowest BCUT2D eigenvalue weighted by atomic mass is 9.78. The minimum atomic E-state index is -2.73. The van der Waals surface area contributed by atoms with Crippen LogP contribution in [0.2, 0.25) is 0 Å². The van der Waals surface area contributed by atoms with Crippen LogP contribution in [0.3, 0.4) is 0 Å². The second-order valence-electron chi connectivity index (χ2n) is 3.59. The van der Waals surface area contributed by atoms with Crippen LogP contribution >= 0.6 is 0 Å². The number of nitrogens with two attached hydrogens (primary N) is 1. The van der Waals surface area contributed by atoms with E-state index in [-0.39, 0.29) is 0 Å². The van der Waals surface area contributed by atoms with Gasteiger partial charge in [-0.25, -0.2) is 0 Å². The van der Waals surface area contributed by atoms with Gasteiger partial charge in [-0.3, -0.25) is 9.59 Å². The van der Waals surface area contributed by atoms with E-state index in [0.29, 0.717) is 0 Å². The predicted octanol–water partition coefficient (Wildman–Crippen LogP) is -3.49. The maximum atomic E-state index is 11.3. The van der Waals surface area contributed by atoms with E-state index in [4.69, 9.17) is 5.73 Å². The van der Waals surface area contributed by atoms with Crippen molar-refractivity contribution >= 4 is 11.6 Å².